The van der Waals surface area contributed by atoms with E-state index in [-0.39, 0.29) is 11.1 Å². The van der Waals surface area contributed by atoms with E-state index in [1.54, 1.807) is 23.7 Å². The highest BCUT2D eigenvalue weighted by molar-refractivity contribution is 5.80. The maximum Gasteiger partial charge on any atom is 0.269 e. The maximum atomic E-state index is 12.6. The highest BCUT2D eigenvalue weighted by atomic mass is 16.6. The summed E-state index contributed by atoms with van der Waals surface area (Å²) < 4.78 is 7.55. The van der Waals surface area contributed by atoms with Gasteiger partial charge in [0, 0.05) is 23.8 Å². The number of aromatic nitrogens is 2. The molecule has 0 fully saturated rings. The van der Waals surface area contributed by atoms with Gasteiger partial charge in [-0.2, -0.15) is 9.78 Å². The average Bonchev–Trinajstić information content (AvgIpc) is 2.99. The number of rotatable bonds is 3. The fraction of sp³-hybridized carbons (Fsp3) is 0.0526. The molecule has 0 aliphatic rings. The minimum Gasteiger partial charge on any atom is -0.437 e. The summed E-state index contributed by atoms with van der Waals surface area (Å²) in [6.45, 7) is 1.75. The fourth-order valence-electron chi connectivity index (χ4n) is 2.84. The Morgan fingerprint density at radius 2 is 1.77 bits per heavy atom. The summed E-state index contributed by atoms with van der Waals surface area (Å²) in [5.74, 6) is 0.328. The fourth-order valence-corrected chi connectivity index (χ4v) is 2.84. The lowest BCUT2D eigenvalue weighted by Gasteiger charge is -2.04. The normalized spacial score (nSPS) is 11.0. The largest absolute Gasteiger partial charge is 0.437 e. The molecule has 0 aliphatic heterocycles. The molecule has 0 amide bonds. The van der Waals surface area contributed by atoms with Crippen molar-refractivity contribution in [2.45, 2.75) is 6.92 Å². The van der Waals surface area contributed by atoms with Crippen LogP contribution in [0.5, 0.6) is 0 Å². The molecule has 0 radical (unpaired) electrons. The molecular formula is C19H13N3O4. The van der Waals surface area contributed by atoms with Crippen LogP contribution in [0.1, 0.15) is 5.69 Å². The molecule has 0 aliphatic carbocycles. The van der Waals surface area contributed by atoms with Crippen molar-refractivity contribution in [3.8, 4) is 17.0 Å². The van der Waals surface area contributed by atoms with Crippen LogP contribution in [0.2, 0.25) is 0 Å². The lowest BCUT2D eigenvalue weighted by molar-refractivity contribution is -0.384. The van der Waals surface area contributed by atoms with Crippen LogP contribution in [0.25, 0.3) is 28.1 Å². The molecular weight excluding hydrogens is 334 g/mol. The molecule has 7 heteroatoms. The SMILES string of the molecule is Cc1nn(-c2ccccc2)c2oc(-c3ccc([N+](=O)[O-])cc3)cc(=O)c12. The molecule has 7 nitrogen and oxygen atoms in total. The van der Waals surface area contributed by atoms with Crippen molar-refractivity contribution in [2.75, 3.05) is 0 Å². The third-order valence-electron chi connectivity index (χ3n) is 4.10. The summed E-state index contributed by atoms with van der Waals surface area (Å²) in [4.78, 5) is 22.9. The zero-order chi connectivity index (χ0) is 18.3. The van der Waals surface area contributed by atoms with Crippen LogP contribution in [0.3, 0.4) is 0 Å². The van der Waals surface area contributed by atoms with Gasteiger partial charge in [0.15, 0.2) is 5.43 Å². The Labute approximate surface area is 147 Å². The summed E-state index contributed by atoms with van der Waals surface area (Å²) >= 11 is 0. The van der Waals surface area contributed by atoms with E-state index < -0.39 is 4.92 Å². The Morgan fingerprint density at radius 3 is 2.42 bits per heavy atom. The molecule has 2 heterocycles. The number of nitro benzene ring substituents is 1. The van der Waals surface area contributed by atoms with E-state index in [0.29, 0.717) is 28.1 Å². The third-order valence-corrected chi connectivity index (χ3v) is 4.10. The Kier molecular flexibility index (Phi) is 3.62. The van der Waals surface area contributed by atoms with Gasteiger partial charge in [-0.15, -0.1) is 0 Å². The second-order valence-electron chi connectivity index (χ2n) is 5.79. The van der Waals surface area contributed by atoms with Crippen molar-refractivity contribution in [3.63, 3.8) is 0 Å². The number of nitrogens with zero attached hydrogens (tertiary/aromatic N) is 3. The molecule has 0 N–H and O–H groups in total. The van der Waals surface area contributed by atoms with Gasteiger partial charge in [-0.05, 0) is 31.2 Å². The number of nitro groups is 1. The molecule has 0 bridgehead atoms. The van der Waals surface area contributed by atoms with Crippen LogP contribution >= 0.6 is 0 Å². The van der Waals surface area contributed by atoms with Gasteiger partial charge in [-0.25, -0.2) is 0 Å². The summed E-state index contributed by atoms with van der Waals surface area (Å²) in [6, 6.07) is 16.6. The van der Waals surface area contributed by atoms with Gasteiger partial charge >= 0.3 is 0 Å². The van der Waals surface area contributed by atoms with E-state index in [1.165, 1.54) is 18.2 Å². The van der Waals surface area contributed by atoms with Crippen molar-refractivity contribution in [1.82, 2.24) is 9.78 Å². The Balaban J connectivity index is 1.93. The third kappa shape index (κ3) is 2.55. The van der Waals surface area contributed by atoms with E-state index in [9.17, 15) is 14.9 Å². The van der Waals surface area contributed by atoms with Crippen LogP contribution in [-0.4, -0.2) is 14.7 Å². The first-order valence-corrected chi connectivity index (χ1v) is 7.88. The first kappa shape index (κ1) is 15.8. The van der Waals surface area contributed by atoms with Gasteiger partial charge in [-0.3, -0.25) is 14.9 Å². The topological polar surface area (TPSA) is 91.2 Å². The number of non-ortho nitro benzene ring substituents is 1. The number of hydrogen-bond acceptors (Lipinski definition) is 5. The predicted molar refractivity (Wildman–Crippen MR) is 96.4 cm³/mol. The van der Waals surface area contributed by atoms with Crippen molar-refractivity contribution in [2.24, 2.45) is 0 Å². The predicted octanol–water partition coefficient (Wildman–Crippen LogP) is 3.86. The van der Waals surface area contributed by atoms with E-state index in [2.05, 4.69) is 5.10 Å². The molecule has 0 saturated heterocycles. The zero-order valence-corrected chi connectivity index (χ0v) is 13.7. The first-order chi connectivity index (χ1) is 12.5. The van der Waals surface area contributed by atoms with Crippen molar-refractivity contribution in [1.29, 1.82) is 0 Å². The molecule has 128 valence electrons. The highest BCUT2D eigenvalue weighted by Gasteiger charge is 2.17. The second kappa shape index (κ2) is 5.96. The molecule has 0 atom stereocenters. The minimum atomic E-state index is -0.475. The van der Waals surface area contributed by atoms with Gasteiger partial charge in [0.25, 0.3) is 5.69 Å². The monoisotopic (exact) mass is 347 g/mol. The van der Waals surface area contributed by atoms with Crippen LogP contribution < -0.4 is 5.43 Å². The molecule has 4 aromatic rings. The van der Waals surface area contributed by atoms with Crippen LogP contribution in [-0.2, 0) is 0 Å². The number of fused-ring (bicyclic) bond motifs is 1. The Bertz CT molecular complexity index is 1180. The quantitative estimate of drug-likeness (QED) is 0.414. The van der Waals surface area contributed by atoms with Crippen molar-refractivity contribution >= 4 is 16.8 Å². The van der Waals surface area contributed by atoms with Crippen LogP contribution in [0, 0.1) is 17.0 Å². The summed E-state index contributed by atoms with van der Waals surface area (Å²) in [6.07, 6.45) is 0. The van der Waals surface area contributed by atoms with E-state index in [4.69, 9.17) is 4.42 Å². The highest BCUT2D eigenvalue weighted by Crippen LogP contribution is 2.26. The zero-order valence-electron chi connectivity index (χ0n) is 13.7. The molecule has 0 saturated carbocycles. The molecule has 2 aromatic carbocycles. The first-order valence-electron chi connectivity index (χ1n) is 7.88. The van der Waals surface area contributed by atoms with E-state index in [1.807, 2.05) is 30.3 Å². The van der Waals surface area contributed by atoms with Gasteiger partial charge in [0.2, 0.25) is 5.71 Å². The maximum absolute atomic E-state index is 12.6. The lowest BCUT2D eigenvalue weighted by Crippen LogP contribution is -2.02. The number of aryl methyl sites for hydroxylation is 1. The molecule has 4 rings (SSSR count). The van der Waals surface area contributed by atoms with Crippen LogP contribution in [0.15, 0.2) is 69.9 Å². The molecule has 26 heavy (non-hydrogen) atoms. The Morgan fingerprint density at radius 1 is 1.08 bits per heavy atom. The molecule has 0 spiro atoms. The second-order valence-corrected chi connectivity index (χ2v) is 5.79. The van der Waals surface area contributed by atoms with Gasteiger partial charge in [0.05, 0.1) is 16.3 Å². The number of benzene rings is 2. The Hall–Kier alpha value is -3.74. The smallest absolute Gasteiger partial charge is 0.269 e. The number of hydrogen-bond donors (Lipinski definition) is 0. The summed E-state index contributed by atoms with van der Waals surface area (Å²) in [5.41, 5.74) is 2.03. The van der Waals surface area contributed by atoms with Gasteiger partial charge in [0.1, 0.15) is 11.1 Å². The lowest BCUT2D eigenvalue weighted by atomic mass is 10.1. The number of para-hydroxylation sites is 1. The summed E-state index contributed by atoms with van der Waals surface area (Å²) in [5, 5.41) is 15.6. The summed E-state index contributed by atoms with van der Waals surface area (Å²) in [7, 11) is 0. The van der Waals surface area contributed by atoms with Gasteiger partial charge < -0.3 is 4.42 Å². The van der Waals surface area contributed by atoms with Crippen molar-refractivity contribution < 1.29 is 9.34 Å². The molecule has 0 unspecified atom stereocenters. The molecule has 2 aromatic heterocycles. The van der Waals surface area contributed by atoms with E-state index in [0.717, 1.165) is 5.69 Å². The average molecular weight is 347 g/mol. The van der Waals surface area contributed by atoms with E-state index >= 15 is 0 Å². The van der Waals surface area contributed by atoms with Gasteiger partial charge in [-0.1, -0.05) is 18.2 Å². The van der Waals surface area contributed by atoms with Crippen LogP contribution in [0.4, 0.5) is 5.69 Å². The van der Waals surface area contributed by atoms with Crippen molar-refractivity contribution in [3.05, 3.63) is 86.7 Å². The minimum absolute atomic E-state index is 0.0256. The standard InChI is InChI=1S/C19H13N3O4/c1-12-18-16(23)11-17(13-7-9-15(10-8-13)22(24)25)26-19(18)21(20-12)14-5-3-2-4-6-14/h2-11H,1H3.